The molecule has 1 rings (SSSR count). The van der Waals surface area contributed by atoms with Gasteiger partial charge in [-0.25, -0.2) is 0 Å². The van der Waals surface area contributed by atoms with Gasteiger partial charge < -0.3 is 5.32 Å². The van der Waals surface area contributed by atoms with Crippen molar-refractivity contribution in [1.29, 1.82) is 0 Å². The Bertz CT molecular complexity index is 386. The minimum absolute atomic E-state index is 0.000456. The average Bonchev–Trinajstić information content (AvgIpc) is 2.59. The van der Waals surface area contributed by atoms with E-state index in [4.69, 9.17) is 6.42 Å². The summed E-state index contributed by atoms with van der Waals surface area (Å²) in [5.74, 6) is 2.58. The SMILES string of the molecule is C#CCCCCNC(=O)c1cc(C)c(Br)s1. The molecule has 0 spiro atoms. The van der Waals surface area contributed by atoms with Gasteiger partial charge in [-0.15, -0.1) is 23.7 Å². The Hall–Kier alpha value is -0.790. The second kappa shape index (κ2) is 6.72. The summed E-state index contributed by atoms with van der Waals surface area (Å²) in [5.41, 5.74) is 1.10. The molecule has 16 heavy (non-hydrogen) atoms. The molecule has 0 radical (unpaired) electrons. The third kappa shape index (κ3) is 3.99. The van der Waals surface area contributed by atoms with Crippen molar-refractivity contribution in [3.63, 3.8) is 0 Å². The van der Waals surface area contributed by atoms with Gasteiger partial charge in [0, 0.05) is 13.0 Å². The maximum Gasteiger partial charge on any atom is 0.261 e. The number of aryl methyl sites for hydroxylation is 1. The number of rotatable bonds is 5. The van der Waals surface area contributed by atoms with Crippen LogP contribution in [0.2, 0.25) is 0 Å². The molecular weight excluding hydrogens is 286 g/mol. The minimum Gasteiger partial charge on any atom is -0.351 e. The highest BCUT2D eigenvalue weighted by molar-refractivity contribution is 9.11. The van der Waals surface area contributed by atoms with Crippen molar-refractivity contribution in [3.8, 4) is 12.3 Å². The zero-order valence-electron chi connectivity index (χ0n) is 9.18. The standard InChI is InChI=1S/C12H14BrNOS/c1-3-4-5-6-7-14-12(15)10-8-9(2)11(13)16-10/h1,8H,4-7H2,2H3,(H,14,15). The Morgan fingerprint density at radius 2 is 2.38 bits per heavy atom. The summed E-state index contributed by atoms with van der Waals surface area (Å²) < 4.78 is 1.02. The molecule has 4 heteroatoms. The average molecular weight is 300 g/mol. The second-order valence-electron chi connectivity index (χ2n) is 3.48. The van der Waals surface area contributed by atoms with E-state index in [-0.39, 0.29) is 5.91 Å². The number of hydrogen-bond donors (Lipinski definition) is 1. The number of halogens is 1. The summed E-state index contributed by atoms with van der Waals surface area (Å²) in [6, 6.07) is 1.89. The molecule has 1 amide bonds. The lowest BCUT2D eigenvalue weighted by molar-refractivity contribution is 0.0957. The van der Waals surface area contributed by atoms with Crippen molar-refractivity contribution < 1.29 is 4.79 Å². The smallest absolute Gasteiger partial charge is 0.261 e. The van der Waals surface area contributed by atoms with E-state index in [1.165, 1.54) is 11.3 Å². The summed E-state index contributed by atoms with van der Waals surface area (Å²) in [5, 5.41) is 2.88. The molecule has 2 nitrogen and oxygen atoms in total. The number of carbonyl (C=O) groups excluding carboxylic acids is 1. The molecule has 1 N–H and O–H groups in total. The van der Waals surface area contributed by atoms with Crippen molar-refractivity contribution in [2.45, 2.75) is 26.2 Å². The second-order valence-corrected chi connectivity index (χ2v) is 5.85. The topological polar surface area (TPSA) is 29.1 Å². The van der Waals surface area contributed by atoms with E-state index in [1.54, 1.807) is 0 Å². The first kappa shape index (κ1) is 13.3. The monoisotopic (exact) mass is 299 g/mol. The lowest BCUT2D eigenvalue weighted by atomic mass is 10.2. The zero-order chi connectivity index (χ0) is 12.0. The number of hydrogen-bond acceptors (Lipinski definition) is 2. The van der Waals surface area contributed by atoms with E-state index in [9.17, 15) is 4.79 Å². The van der Waals surface area contributed by atoms with Gasteiger partial charge in [-0.2, -0.15) is 0 Å². The van der Waals surface area contributed by atoms with Crippen LogP contribution in [0, 0.1) is 19.3 Å². The largest absolute Gasteiger partial charge is 0.351 e. The number of thiophene rings is 1. The molecule has 0 unspecified atom stereocenters. The molecule has 0 aromatic carbocycles. The van der Waals surface area contributed by atoms with Crippen LogP contribution in [0.25, 0.3) is 0 Å². The van der Waals surface area contributed by atoms with Crippen molar-refractivity contribution in [3.05, 3.63) is 20.3 Å². The van der Waals surface area contributed by atoms with Gasteiger partial charge in [-0.1, -0.05) is 0 Å². The lowest BCUT2D eigenvalue weighted by Gasteiger charge is -2.01. The first-order chi connectivity index (χ1) is 7.65. The Morgan fingerprint density at radius 1 is 1.62 bits per heavy atom. The molecule has 0 saturated carbocycles. The first-order valence-electron chi connectivity index (χ1n) is 5.12. The Morgan fingerprint density at radius 3 is 2.94 bits per heavy atom. The fraction of sp³-hybridized carbons (Fsp3) is 0.417. The summed E-state index contributed by atoms with van der Waals surface area (Å²) in [7, 11) is 0. The van der Waals surface area contributed by atoms with Crippen LogP contribution in [0.3, 0.4) is 0 Å². The highest BCUT2D eigenvalue weighted by Crippen LogP contribution is 2.27. The Kier molecular flexibility index (Phi) is 5.58. The third-order valence-electron chi connectivity index (χ3n) is 2.11. The van der Waals surface area contributed by atoms with Crippen LogP contribution in [0.5, 0.6) is 0 Å². The maximum atomic E-state index is 11.7. The Labute approximate surface area is 109 Å². The molecule has 1 aromatic rings. The van der Waals surface area contributed by atoms with Crippen LogP contribution in [-0.2, 0) is 0 Å². The van der Waals surface area contributed by atoms with Gasteiger partial charge in [0.05, 0.1) is 8.66 Å². The molecule has 0 aliphatic rings. The van der Waals surface area contributed by atoms with Gasteiger partial charge in [0.2, 0.25) is 0 Å². The first-order valence-corrected chi connectivity index (χ1v) is 6.73. The van der Waals surface area contributed by atoms with Crippen LogP contribution in [-0.4, -0.2) is 12.5 Å². The molecule has 1 heterocycles. The van der Waals surface area contributed by atoms with Gasteiger partial charge in [-0.05, 0) is 47.3 Å². The van der Waals surface area contributed by atoms with E-state index in [1.807, 2.05) is 13.0 Å². The van der Waals surface area contributed by atoms with Crippen LogP contribution in [0.4, 0.5) is 0 Å². The molecule has 0 atom stereocenters. The summed E-state index contributed by atoms with van der Waals surface area (Å²) in [6.07, 6.45) is 7.81. The van der Waals surface area contributed by atoms with Crippen molar-refractivity contribution in [2.24, 2.45) is 0 Å². The molecule has 1 aromatic heterocycles. The summed E-state index contributed by atoms with van der Waals surface area (Å²) in [6.45, 7) is 2.67. The van der Waals surface area contributed by atoms with Gasteiger partial charge >= 0.3 is 0 Å². The molecule has 0 saturated heterocycles. The predicted octanol–water partition coefficient (Wildman–Crippen LogP) is 3.35. The zero-order valence-corrected chi connectivity index (χ0v) is 11.6. The van der Waals surface area contributed by atoms with Crippen molar-refractivity contribution in [2.75, 3.05) is 6.54 Å². The lowest BCUT2D eigenvalue weighted by Crippen LogP contribution is -2.23. The summed E-state index contributed by atoms with van der Waals surface area (Å²) in [4.78, 5) is 12.4. The fourth-order valence-electron chi connectivity index (χ4n) is 1.21. The highest BCUT2D eigenvalue weighted by Gasteiger charge is 2.09. The number of amides is 1. The van der Waals surface area contributed by atoms with E-state index in [0.717, 1.165) is 33.5 Å². The normalized spacial score (nSPS) is 9.81. The van der Waals surface area contributed by atoms with Crippen molar-refractivity contribution in [1.82, 2.24) is 5.32 Å². The minimum atomic E-state index is -0.000456. The van der Waals surface area contributed by atoms with E-state index < -0.39 is 0 Å². The number of unbranched alkanes of at least 4 members (excludes halogenated alkanes) is 2. The van der Waals surface area contributed by atoms with Crippen LogP contribution < -0.4 is 5.32 Å². The molecule has 0 aliphatic heterocycles. The van der Waals surface area contributed by atoms with Crippen LogP contribution in [0.1, 0.15) is 34.5 Å². The van der Waals surface area contributed by atoms with E-state index >= 15 is 0 Å². The van der Waals surface area contributed by atoms with Gasteiger partial charge in [0.1, 0.15) is 0 Å². The van der Waals surface area contributed by atoms with Crippen LogP contribution >= 0.6 is 27.3 Å². The molecule has 0 bridgehead atoms. The van der Waals surface area contributed by atoms with Gasteiger partial charge in [-0.3, -0.25) is 4.79 Å². The predicted molar refractivity (Wildman–Crippen MR) is 71.8 cm³/mol. The molecule has 0 aliphatic carbocycles. The maximum absolute atomic E-state index is 11.7. The van der Waals surface area contributed by atoms with Gasteiger partial charge in [0.25, 0.3) is 5.91 Å². The van der Waals surface area contributed by atoms with Crippen LogP contribution in [0.15, 0.2) is 9.85 Å². The van der Waals surface area contributed by atoms with E-state index in [0.29, 0.717) is 6.54 Å². The number of terminal acetylenes is 1. The van der Waals surface area contributed by atoms with Gasteiger partial charge in [0.15, 0.2) is 0 Å². The summed E-state index contributed by atoms with van der Waals surface area (Å²) >= 11 is 4.87. The quantitative estimate of drug-likeness (QED) is 0.656. The number of nitrogens with one attached hydrogen (secondary N) is 1. The van der Waals surface area contributed by atoms with Crippen molar-refractivity contribution >= 4 is 33.2 Å². The fourth-order valence-corrected chi connectivity index (χ4v) is 2.66. The van der Waals surface area contributed by atoms with E-state index in [2.05, 4.69) is 27.2 Å². The molecular formula is C12H14BrNOS. The highest BCUT2D eigenvalue weighted by atomic mass is 79.9. The Balaban J connectivity index is 2.33. The third-order valence-corrected chi connectivity index (χ3v) is 4.25. The molecule has 86 valence electrons. The molecule has 0 fully saturated rings. The number of carbonyl (C=O) groups is 1.